The van der Waals surface area contributed by atoms with E-state index in [0.29, 0.717) is 30.0 Å². The van der Waals surface area contributed by atoms with Crippen molar-refractivity contribution in [2.45, 2.75) is 31.9 Å². The van der Waals surface area contributed by atoms with Gasteiger partial charge >= 0.3 is 5.97 Å². The van der Waals surface area contributed by atoms with Gasteiger partial charge in [-0.15, -0.1) is 11.6 Å². The first-order valence-electron chi connectivity index (χ1n) is 7.59. The topological polar surface area (TPSA) is 62.6 Å². The van der Waals surface area contributed by atoms with Gasteiger partial charge in [-0.25, -0.2) is 9.78 Å². The Morgan fingerprint density at radius 2 is 2.30 bits per heavy atom. The summed E-state index contributed by atoms with van der Waals surface area (Å²) < 4.78 is 18.0. The number of carbonyl (C=O) groups is 1. The Balaban J connectivity index is 2.11. The number of carbonyl (C=O) groups excluding carboxylic acids is 1. The van der Waals surface area contributed by atoms with E-state index in [-0.39, 0.29) is 18.0 Å². The number of fused-ring (bicyclic) bond motifs is 1. The van der Waals surface area contributed by atoms with Crippen molar-refractivity contribution in [3.05, 3.63) is 23.5 Å². The van der Waals surface area contributed by atoms with Crippen LogP contribution < -0.4 is 4.74 Å². The Labute approximate surface area is 139 Å². The van der Waals surface area contributed by atoms with Crippen LogP contribution in [-0.2, 0) is 21.9 Å². The smallest absolute Gasteiger partial charge is 0.338 e. The molecule has 0 unspecified atom stereocenters. The Bertz CT molecular complexity index is 724. The largest absolute Gasteiger partial charge is 0.494 e. The number of benzene rings is 1. The minimum absolute atomic E-state index is 0.159. The summed E-state index contributed by atoms with van der Waals surface area (Å²) in [5.41, 5.74) is 1.93. The van der Waals surface area contributed by atoms with Crippen molar-refractivity contribution >= 4 is 28.6 Å². The first-order chi connectivity index (χ1) is 11.2. The van der Waals surface area contributed by atoms with Crippen molar-refractivity contribution in [3.8, 4) is 5.75 Å². The van der Waals surface area contributed by atoms with Gasteiger partial charge in [-0.2, -0.15) is 0 Å². The maximum absolute atomic E-state index is 12.1. The molecule has 1 aliphatic heterocycles. The van der Waals surface area contributed by atoms with Crippen LogP contribution in [-0.4, -0.2) is 41.9 Å². The van der Waals surface area contributed by atoms with Gasteiger partial charge in [-0.3, -0.25) is 0 Å². The lowest BCUT2D eigenvalue weighted by atomic mass is 10.1. The average molecular weight is 339 g/mol. The van der Waals surface area contributed by atoms with Crippen LogP contribution in [0.4, 0.5) is 0 Å². The van der Waals surface area contributed by atoms with Crippen LogP contribution >= 0.6 is 11.6 Å². The van der Waals surface area contributed by atoms with Crippen molar-refractivity contribution in [3.63, 3.8) is 0 Å². The summed E-state index contributed by atoms with van der Waals surface area (Å²) in [5, 5.41) is 0. The Hall–Kier alpha value is -1.79. The van der Waals surface area contributed by atoms with Crippen molar-refractivity contribution in [1.82, 2.24) is 9.55 Å². The summed E-state index contributed by atoms with van der Waals surface area (Å²) in [6.45, 7) is 3.54. The number of imidazole rings is 1. The van der Waals surface area contributed by atoms with Crippen molar-refractivity contribution in [2.24, 2.45) is 0 Å². The fourth-order valence-corrected chi connectivity index (χ4v) is 2.87. The van der Waals surface area contributed by atoms with Crippen molar-refractivity contribution in [2.75, 3.05) is 20.3 Å². The van der Waals surface area contributed by atoms with E-state index in [4.69, 9.17) is 25.8 Å². The molecule has 1 atom stereocenters. The van der Waals surface area contributed by atoms with E-state index in [1.54, 1.807) is 26.2 Å². The van der Waals surface area contributed by atoms with E-state index < -0.39 is 0 Å². The molecule has 1 aromatic carbocycles. The van der Waals surface area contributed by atoms with Gasteiger partial charge in [0.1, 0.15) is 17.1 Å². The van der Waals surface area contributed by atoms with Gasteiger partial charge in [0, 0.05) is 6.61 Å². The molecule has 0 N–H and O–H groups in total. The van der Waals surface area contributed by atoms with E-state index in [2.05, 4.69) is 4.98 Å². The molecule has 3 rings (SSSR count). The Morgan fingerprint density at radius 1 is 1.52 bits per heavy atom. The van der Waals surface area contributed by atoms with Gasteiger partial charge in [0.2, 0.25) is 0 Å². The first kappa shape index (κ1) is 16.1. The van der Waals surface area contributed by atoms with Gasteiger partial charge in [0.15, 0.2) is 0 Å². The lowest BCUT2D eigenvalue weighted by Crippen LogP contribution is -2.31. The maximum Gasteiger partial charge on any atom is 0.338 e. The predicted molar refractivity (Wildman–Crippen MR) is 86.2 cm³/mol. The van der Waals surface area contributed by atoms with Gasteiger partial charge in [0.05, 0.1) is 43.3 Å². The molecule has 2 heterocycles. The number of esters is 1. The summed E-state index contributed by atoms with van der Waals surface area (Å²) in [4.78, 5) is 16.6. The quantitative estimate of drug-likeness (QED) is 0.598. The molecular weight excluding hydrogens is 320 g/mol. The molecule has 0 radical (unpaired) electrons. The molecule has 1 aliphatic rings. The van der Waals surface area contributed by atoms with Gasteiger partial charge < -0.3 is 18.8 Å². The Kier molecular flexibility index (Phi) is 4.73. The van der Waals surface area contributed by atoms with Crippen molar-refractivity contribution < 1.29 is 19.0 Å². The number of aromatic nitrogens is 2. The standard InChI is InChI=1S/C16H19ClN2O4/c1-3-22-16(20)10-6-12-15(13(7-10)21-2)18-14(8-17)19(12)9-11-4-5-23-11/h6-7,11H,3-5,8-9H2,1-2H3/t11-/m0/s1. The van der Waals surface area contributed by atoms with E-state index in [1.165, 1.54) is 0 Å². The first-order valence-corrected chi connectivity index (χ1v) is 8.13. The average Bonchev–Trinajstić information content (AvgIpc) is 2.87. The fraction of sp³-hybridized carbons (Fsp3) is 0.500. The summed E-state index contributed by atoms with van der Waals surface area (Å²) in [5.74, 6) is 1.16. The fourth-order valence-electron chi connectivity index (χ4n) is 2.67. The molecule has 0 bridgehead atoms. The lowest BCUT2D eigenvalue weighted by Gasteiger charge is -2.27. The van der Waals surface area contributed by atoms with Crippen LogP contribution in [0.25, 0.3) is 11.0 Å². The predicted octanol–water partition coefficient (Wildman–Crippen LogP) is 2.75. The molecule has 23 heavy (non-hydrogen) atoms. The third-order valence-corrected chi connectivity index (χ3v) is 4.17. The minimum Gasteiger partial charge on any atom is -0.494 e. The maximum atomic E-state index is 12.1. The lowest BCUT2D eigenvalue weighted by molar-refractivity contribution is -0.0589. The SMILES string of the molecule is CCOC(=O)c1cc(OC)c2nc(CCl)n(C[C@@H]3CCO3)c2c1. The highest BCUT2D eigenvalue weighted by Gasteiger charge is 2.23. The molecule has 0 spiro atoms. The second-order valence-electron chi connectivity index (χ2n) is 5.32. The third-order valence-electron chi connectivity index (χ3n) is 3.93. The van der Waals surface area contributed by atoms with Crippen molar-refractivity contribution in [1.29, 1.82) is 0 Å². The van der Waals surface area contributed by atoms with Crippen LogP contribution in [0.2, 0.25) is 0 Å². The van der Waals surface area contributed by atoms with Crippen LogP contribution in [0.5, 0.6) is 5.75 Å². The summed E-state index contributed by atoms with van der Waals surface area (Å²) in [7, 11) is 1.55. The molecule has 0 saturated carbocycles. The molecule has 0 aliphatic carbocycles. The number of alkyl halides is 1. The van der Waals surface area contributed by atoms with Crippen LogP contribution in [0.15, 0.2) is 12.1 Å². The van der Waals surface area contributed by atoms with Crippen LogP contribution in [0, 0.1) is 0 Å². The monoisotopic (exact) mass is 338 g/mol. The number of methoxy groups -OCH3 is 1. The van der Waals surface area contributed by atoms with Gasteiger partial charge in [-0.05, 0) is 25.5 Å². The van der Waals surface area contributed by atoms with E-state index in [1.807, 2.05) is 4.57 Å². The molecule has 0 amide bonds. The number of halogens is 1. The number of ether oxygens (including phenoxy) is 3. The zero-order chi connectivity index (χ0) is 16.4. The molecule has 1 fully saturated rings. The van der Waals surface area contributed by atoms with E-state index >= 15 is 0 Å². The number of hydrogen-bond donors (Lipinski definition) is 0. The highest BCUT2D eigenvalue weighted by Crippen LogP contribution is 2.30. The zero-order valence-electron chi connectivity index (χ0n) is 13.2. The zero-order valence-corrected chi connectivity index (χ0v) is 13.9. The molecule has 7 heteroatoms. The van der Waals surface area contributed by atoms with Crippen LogP contribution in [0.1, 0.15) is 29.5 Å². The third kappa shape index (κ3) is 3.01. The molecule has 1 aromatic heterocycles. The molecular formula is C16H19ClN2O4. The summed E-state index contributed by atoms with van der Waals surface area (Å²) in [6, 6.07) is 3.42. The summed E-state index contributed by atoms with van der Waals surface area (Å²) >= 11 is 6.04. The van der Waals surface area contributed by atoms with Crippen LogP contribution in [0.3, 0.4) is 0 Å². The second kappa shape index (κ2) is 6.76. The van der Waals surface area contributed by atoms with E-state index in [0.717, 1.165) is 24.4 Å². The molecule has 1 saturated heterocycles. The van der Waals surface area contributed by atoms with Gasteiger partial charge in [0.25, 0.3) is 0 Å². The second-order valence-corrected chi connectivity index (χ2v) is 5.59. The Morgan fingerprint density at radius 3 is 2.87 bits per heavy atom. The highest BCUT2D eigenvalue weighted by molar-refractivity contribution is 6.17. The molecule has 2 aromatic rings. The molecule has 124 valence electrons. The van der Waals surface area contributed by atoms with E-state index in [9.17, 15) is 4.79 Å². The number of hydrogen-bond acceptors (Lipinski definition) is 5. The summed E-state index contributed by atoms with van der Waals surface area (Å²) in [6.07, 6.45) is 1.17. The highest BCUT2D eigenvalue weighted by atomic mass is 35.5. The number of rotatable bonds is 6. The van der Waals surface area contributed by atoms with Gasteiger partial charge in [-0.1, -0.05) is 0 Å². The molecule has 6 nitrogen and oxygen atoms in total. The normalized spacial score (nSPS) is 17.1. The number of nitrogens with zero attached hydrogens (tertiary/aromatic N) is 2. The minimum atomic E-state index is -0.382.